The second-order valence-electron chi connectivity index (χ2n) is 4.99. The number of methoxy groups -OCH3 is 1. The normalized spacial score (nSPS) is 17.8. The summed E-state index contributed by atoms with van der Waals surface area (Å²) in [6, 6.07) is 3.85. The number of nitrogens with one attached hydrogen (secondary N) is 1. The number of hydrogen-bond acceptors (Lipinski definition) is 4. The highest BCUT2D eigenvalue weighted by Gasteiger charge is 2.26. The number of carboxylic acids is 1. The first kappa shape index (κ1) is 15.1. The summed E-state index contributed by atoms with van der Waals surface area (Å²) < 4.78 is 5.07. The van der Waals surface area contributed by atoms with Crippen LogP contribution in [0.2, 0.25) is 0 Å². The van der Waals surface area contributed by atoms with Crippen molar-refractivity contribution in [1.82, 2.24) is 4.90 Å². The lowest BCUT2D eigenvalue weighted by Crippen LogP contribution is -2.33. The van der Waals surface area contributed by atoms with Crippen LogP contribution >= 0.6 is 0 Å². The summed E-state index contributed by atoms with van der Waals surface area (Å²) in [6.07, 6.45) is 0.863. The molecule has 1 fully saturated rings. The number of nitrogens with zero attached hydrogens (tertiary/aromatic N) is 1. The third kappa shape index (κ3) is 3.43. The molecule has 0 saturated carbocycles. The van der Waals surface area contributed by atoms with Crippen molar-refractivity contribution in [1.29, 1.82) is 0 Å². The summed E-state index contributed by atoms with van der Waals surface area (Å²) >= 11 is 0. The number of para-hydroxylation sites is 1. The maximum Gasteiger partial charge on any atom is 0.339 e. The highest BCUT2D eigenvalue weighted by molar-refractivity contribution is 5.97. The number of anilines is 1. The van der Waals surface area contributed by atoms with Gasteiger partial charge in [0.25, 0.3) is 0 Å². The number of likely N-dealkylation sites (tertiary alicyclic amines) is 1. The molecule has 1 unspecified atom stereocenters. The molecule has 0 aromatic heterocycles. The molecule has 1 aliphatic heterocycles. The maximum atomic E-state index is 12.1. The largest absolute Gasteiger partial charge is 0.505 e. The van der Waals surface area contributed by atoms with Gasteiger partial charge in [-0.15, -0.1) is 0 Å². The maximum absolute atomic E-state index is 12.1. The second-order valence-corrected chi connectivity index (χ2v) is 4.99. The van der Waals surface area contributed by atoms with Gasteiger partial charge in [0.05, 0.1) is 12.3 Å². The van der Waals surface area contributed by atoms with Gasteiger partial charge in [-0.1, -0.05) is 6.07 Å². The number of ether oxygens (including phenoxy) is 1. The Morgan fingerprint density at radius 1 is 1.48 bits per heavy atom. The Hall–Kier alpha value is -2.28. The lowest BCUT2D eigenvalue weighted by Gasteiger charge is -2.18. The summed E-state index contributed by atoms with van der Waals surface area (Å²) in [5.74, 6) is -1.38. The zero-order valence-electron chi connectivity index (χ0n) is 11.7. The number of aromatic carboxylic acids is 1. The fourth-order valence-electron chi connectivity index (χ4n) is 2.40. The van der Waals surface area contributed by atoms with Gasteiger partial charge in [-0.2, -0.15) is 0 Å². The van der Waals surface area contributed by atoms with Crippen molar-refractivity contribution in [3.8, 4) is 5.75 Å². The van der Waals surface area contributed by atoms with Gasteiger partial charge in [-0.05, 0) is 18.6 Å². The van der Waals surface area contributed by atoms with E-state index in [9.17, 15) is 14.7 Å². The van der Waals surface area contributed by atoms with Crippen LogP contribution < -0.4 is 5.32 Å². The minimum absolute atomic E-state index is 0.0927. The van der Waals surface area contributed by atoms with Crippen LogP contribution in [0, 0.1) is 5.92 Å². The average Bonchev–Trinajstić information content (AvgIpc) is 2.90. The van der Waals surface area contributed by atoms with Crippen LogP contribution in [-0.4, -0.2) is 53.9 Å². The zero-order chi connectivity index (χ0) is 15.4. The predicted molar refractivity (Wildman–Crippen MR) is 75.6 cm³/mol. The molecule has 1 saturated heterocycles. The first-order chi connectivity index (χ1) is 10.0. The predicted octanol–water partition coefficient (Wildman–Crippen LogP) is 1.59. The zero-order valence-corrected chi connectivity index (χ0v) is 11.7. The SMILES string of the molecule is COCC1CCN(C(=O)Nc2cccc(C(=O)O)c2O)C1. The number of urea groups is 1. The molecule has 1 aromatic carbocycles. The van der Waals surface area contributed by atoms with Crippen molar-refractivity contribution < 1.29 is 24.5 Å². The van der Waals surface area contributed by atoms with E-state index in [0.29, 0.717) is 25.6 Å². The molecule has 114 valence electrons. The van der Waals surface area contributed by atoms with Crippen LogP contribution in [0.1, 0.15) is 16.8 Å². The first-order valence-electron chi connectivity index (χ1n) is 6.63. The smallest absolute Gasteiger partial charge is 0.339 e. The number of aromatic hydroxyl groups is 1. The Morgan fingerprint density at radius 2 is 2.24 bits per heavy atom. The number of carbonyl (C=O) groups is 2. The molecule has 0 bridgehead atoms. The van der Waals surface area contributed by atoms with Gasteiger partial charge >= 0.3 is 12.0 Å². The topological polar surface area (TPSA) is 99.1 Å². The van der Waals surface area contributed by atoms with Crippen LogP contribution in [0.5, 0.6) is 5.75 Å². The number of carbonyl (C=O) groups excluding carboxylic acids is 1. The molecule has 21 heavy (non-hydrogen) atoms. The van der Waals surface area contributed by atoms with E-state index < -0.39 is 11.7 Å². The van der Waals surface area contributed by atoms with Gasteiger partial charge < -0.3 is 25.2 Å². The molecule has 1 aliphatic rings. The van der Waals surface area contributed by atoms with E-state index in [0.717, 1.165) is 6.42 Å². The number of carboxylic acid groups (broad SMARTS) is 1. The minimum atomic E-state index is -1.25. The fourth-order valence-corrected chi connectivity index (χ4v) is 2.40. The molecule has 0 aliphatic carbocycles. The van der Waals surface area contributed by atoms with Crippen molar-refractivity contribution in [3.05, 3.63) is 23.8 Å². The molecule has 2 rings (SSSR count). The second kappa shape index (κ2) is 6.45. The Kier molecular flexibility index (Phi) is 4.64. The lowest BCUT2D eigenvalue weighted by atomic mass is 10.1. The monoisotopic (exact) mass is 294 g/mol. The highest BCUT2D eigenvalue weighted by atomic mass is 16.5. The third-order valence-electron chi connectivity index (χ3n) is 3.48. The molecule has 0 spiro atoms. The van der Waals surface area contributed by atoms with E-state index in [1.807, 2.05) is 0 Å². The Balaban J connectivity index is 2.04. The Bertz CT molecular complexity index is 546. The lowest BCUT2D eigenvalue weighted by molar-refractivity contribution is 0.0693. The van der Waals surface area contributed by atoms with Gasteiger partial charge in [0, 0.05) is 26.1 Å². The highest BCUT2D eigenvalue weighted by Crippen LogP contribution is 2.28. The van der Waals surface area contributed by atoms with Gasteiger partial charge in [0.2, 0.25) is 0 Å². The number of amides is 2. The van der Waals surface area contributed by atoms with Gasteiger partial charge in [0.15, 0.2) is 5.75 Å². The number of hydrogen-bond donors (Lipinski definition) is 3. The summed E-state index contributed by atoms with van der Waals surface area (Å²) in [7, 11) is 1.62. The Morgan fingerprint density at radius 3 is 2.90 bits per heavy atom. The summed E-state index contributed by atoms with van der Waals surface area (Å²) in [6.45, 7) is 1.79. The molecule has 7 nitrogen and oxygen atoms in total. The Labute approximate surface area is 122 Å². The molecule has 1 heterocycles. The average molecular weight is 294 g/mol. The van der Waals surface area contributed by atoms with Gasteiger partial charge in [-0.3, -0.25) is 0 Å². The van der Waals surface area contributed by atoms with Crippen LogP contribution in [0.4, 0.5) is 10.5 Å². The van der Waals surface area contributed by atoms with Crippen molar-refractivity contribution >= 4 is 17.7 Å². The standard InChI is InChI=1S/C14H18N2O5/c1-21-8-9-5-6-16(7-9)14(20)15-11-4-2-3-10(12(11)17)13(18)19/h2-4,9,17H,5-8H2,1H3,(H,15,20)(H,18,19). The van der Waals surface area contributed by atoms with Gasteiger partial charge in [0.1, 0.15) is 5.56 Å². The molecule has 7 heteroatoms. The fraction of sp³-hybridized carbons (Fsp3) is 0.429. The van der Waals surface area contributed by atoms with Crippen molar-refractivity contribution in [3.63, 3.8) is 0 Å². The molecule has 0 radical (unpaired) electrons. The van der Waals surface area contributed by atoms with Crippen LogP contribution in [0.3, 0.4) is 0 Å². The number of rotatable bonds is 4. The van der Waals surface area contributed by atoms with Crippen LogP contribution in [-0.2, 0) is 4.74 Å². The summed E-state index contributed by atoms with van der Waals surface area (Å²) in [4.78, 5) is 24.7. The first-order valence-corrected chi connectivity index (χ1v) is 6.63. The van der Waals surface area contributed by atoms with E-state index in [1.54, 1.807) is 12.0 Å². The molecular weight excluding hydrogens is 276 g/mol. The van der Waals surface area contributed by atoms with Crippen molar-refractivity contribution in [2.75, 3.05) is 32.1 Å². The summed E-state index contributed by atoms with van der Waals surface area (Å²) in [5, 5.41) is 21.3. The van der Waals surface area contributed by atoms with Crippen LogP contribution in [0.15, 0.2) is 18.2 Å². The molecule has 1 aromatic rings. The van der Waals surface area contributed by atoms with E-state index >= 15 is 0 Å². The molecule has 2 amide bonds. The molecule has 3 N–H and O–H groups in total. The van der Waals surface area contributed by atoms with E-state index in [-0.39, 0.29) is 17.3 Å². The minimum Gasteiger partial charge on any atom is -0.505 e. The van der Waals surface area contributed by atoms with Gasteiger partial charge in [-0.25, -0.2) is 9.59 Å². The third-order valence-corrected chi connectivity index (χ3v) is 3.48. The van der Waals surface area contributed by atoms with E-state index in [4.69, 9.17) is 9.84 Å². The van der Waals surface area contributed by atoms with Crippen molar-refractivity contribution in [2.45, 2.75) is 6.42 Å². The van der Waals surface area contributed by atoms with E-state index in [1.165, 1.54) is 18.2 Å². The van der Waals surface area contributed by atoms with E-state index in [2.05, 4.69) is 5.32 Å². The number of benzene rings is 1. The van der Waals surface area contributed by atoms with Crippen LogP contribution in [0.25, 0.3) is 0 Å². The molecule has 1 atom stereocenters. The van der Waals surface area contributed by atoms with Crippen molar-refractivity contribution in [2.24, 2.45) is 5.92 Å². The summed E-state index contributed by atoms with van der Waals surface area (Å²) in [5.41, 5.74) is -0.151. The quantitative estimate of drug-likeness (QED) is 0.732. The molecular formula is C14H18N2O5. The number of phenols is 1.